The maximum Gasteiger partial charge on any atom is 0.254 e. The van der Waals surface area contributed by atoms with E-state index in [0.717, 1.165) is 24.2 Å². The van der Waals surface area contributed by atoms with E-state index in [1.165, 1.54) is 4.88 Å². The number of carbonyl (C=O) groups is 2. The molecular weight excluding hydrogens is 432 g/mol. The number of fused-ring (bicyclic) bond motifs is 1. The Morgan fingerprint density at radius 1 is 1.09 bits per heavy atom. The van der Waals surface area contributed by atoms with Gasteiger partial charge in [-0.1, -0.05) is 43.3 Å². The second kappa shape index (κ2) is 10.7. The zero-order chi connectivity index (χ0) is 23.2. The first-order valence-corrected chi connectivity index (χ1v) is 12.4. The monoisotopic (exact) mass is 462 g/mol. The number of carbonyl (C=O) groups excluding carboxylic acids is 2. The molecule has 2 atom stereocenters. The Morgan fingerprint density at radius 2 is 1.79 bits per heavy atom. The van der Waals surface area contributed by atoms with E-state index in [1.807, 2.05) is 67.3 Å². The van der Waals surface area contributed by atoms with E-state index in [1.54, 1.807) is 28.4 Å². The van der Waals surface area contributed by atoms with Crippen LogP contribution in [0.4, 0.5) is 0 Å². The molecule has 2 heterocycles. The number of para-hydroxylation sites is 1. The zero-order valence-corrected chi connectivity index (χ0v) is 20.0. The van der Waals surface area contributed by atoms with E-state index >= 15 is 0 Å². The molecule has 1 aliphatic rings. The Balaban J connectivity index is 1.54. The predicted molar refractivity (Wildman–Crippen MR) is 132 cm³/mol. The van der Waals surface area contributed by atoms with Crippen LogP contribution in [0.1, 0.15) is 47.1 Å². The Labute approximate surface area is 199 Å². The quantitative estimate of drug-likeness (QED) is 0.463. The van der Waals surface area contributed by atoms with Gasteiger partial charge < -0.3 is 14.5 Å². The largest absolute Gasteiger partial charge is 0.491 e. The summed E-state index contributed by atoms with van der Waals surface area (Å²) in [6.07, 6.45) is 1.61. The molecule has 0 radical (unpaired) electrons. The van der Waals surface area contributed by atoms with Gasteiger partial charge in [0.25, 0.3) is 5.91 Å². The zero-order valence-electron chi connectivity index (χ0n) is 19.1. The highest BCUT2D eigenvalue weighted by atomic mass is 32.1. The van der Waals surface area contributed by atoms with Crippen molar-refractivity contribution in [3.05, 3.63) is 88.1 Å². The van der Waals surface area contributed by atoms with Gasteiger partial charge in [-0.15, -0.1) is 11.3 Å². The van der Waals surface area contributed by atoms with E-state index < -0.39 is 0 Å². The fourth-order valence-corrected chi connectivity index (χ4v) is 5.13. The third-order valence-corrected chi connectivity index (χ3v) is 7.27. The van der Waals surface area contributed by atoms with Crippen molar-refractivity contribution in [3.8, 4) is 5.75 Å². The van der Waals surface area contributed by atoms with Crippen LogP contribution in [-0.2, 0) is 11.2 Å². The Hall–Kier alpha value is -3.12. The first-order chi connectivity index (χ1) is 16.1. The first kappa shape index (κ1) is 23.1. The summed E-state index contributed by atoms with van der Waals surface area (Å²) in [5.74, 6) is 0.634. The van der Waals surface area contributed by atoms with E-state index in [0.29, 0.717) is 18.7 Å². The van der Waals surface area contributed by atoms with Gasteiger partial charge in [-0.25, -0.2) is 0 Å². The lowest BCUT2D eigenvalue weighted by molar-refractivity contribution is -0.136. The van der Waals surface area contributed by atoms with Gasteiger partial charge in [0.05, 0.1) is 6.04 Å². The Bertz CT molecular complexity index is 1070. The molecule has 33 heavy (non-hydrogen) atoms. The van der Waals surface area contributed by atoms with Crippen LogP contribution in [0.3, 0.4) is 0 Å². The van der Waals surface area contributed by atoms with Crippen molar-refractivity contribution in [1.29, 1.82) is 0 Å². The minimum absolute atomic E-state index is 0.0397. The van der Waals surface area contributed by atoms with Crippen molar-refractivity contribution in [2.24, 2.45) is 0 Å². The maximum absolute atomic E-state index is 13.6. The Kier molecular flexibility index (Phi) is 7.45. The molecule has 0 aliphatic carbocycles. The molecule has 0 saturated heterocycles. The van der Waals surface area contributed by atoms with E-state index in [4.69, 9.17) is 4.74 Å². The predicted octanol–water partition coefficient (Wildman–Crippen LogP) is 5.19. The van der Waals surface area contributed by atoms with Crippen LogP contribution in [-0.4, -0.2) is 47.4 Å². The molecule has 3 aromatic rings. The smallest absolute Gasteiger partial charge is 0.254 e. The van der Waals surface area contributed by atoms with Crippen LogP contribution in [0.25, 0.3) is 0 Å². The van der Waals surface area contributed by atoms with Crippen molar-refractivity contribution >= 4 is 23.2 Å². The SMILES string of the molecule is CC[C@H](C)N(CC(=O)N1CCc2sccc2[C@@H]1COc1ccccc1)C(=O)c1ccccc1. The minimum Gasteiger partial charge on any atom is -0.491 e. The van der Waals surface area contributed by atoms with E-state index in [2.05, 4.69) is 11.4 Å². The van der Waals surface area contributed by atoms with E-state index in [9.17, 15) is 9.59 Å². The van der Waals surface area contributed by atoms with Crippen LogP contribution in [0.2, 0.25) is 0 Å². The van der Waals surface area contributed by atoms with Crippen molar-refractivity contribution in [1.82, 2.24) is 9.80 Å². The normalized spacial score (nSPS) is 16.1. The van der Waals surface area contributed by atoms with Crippen molar-refractivity contribution < 1.29 is 14.3 Å². The van der Waals surface area contributed by atoms with Gasteiger partial charge in [-0.05, 0) is 61.0 Å². The molecule has 0 N–H and O–H groups in total. The van der Waals surface area contributed by atoms with Crippen LogP contribution in [0, 0.1) is 0 Å². The molecular formula is C27H30N2O3S. The van der Waals surface area contributed by atoms with Crippen molar-refractivity contribution in [3.63, 3.8) is 0 Å². The van der Waals surface area contributed by atoms with Crippen LogP contribution < -0.4 is 4.74 Å². The molecule has 0 bridgehead atoms. The average molecular weight is 463 g/mol. The Morgan fingerprint density at radius 3 is 2.48 bits per heavy atom. The fraction of sp³-hybridized carbons (Fsp3) is 0.333. The summed E-state index contributed by atoms with van der Waals surface area (Å²) in [6, 6.07) is 20.8. The van der Waals surface area contributed by atoms with Gasteiger partial charge in [-0.3, -0.25) is 9.59 Å². The number of ether oxygens (including phenoxy) is 1. The summed E-state index contributed by atoms with van der Waals surface area (Å²) in [7, 11) is 0. The first-order valence-electron chi connectivity index (χ1n) is 11.5. The molecule has 2 aromatic carbocycles. The summed E-state index contributed by atoms with van der Waals surface area (Å²) >= 11 is 1.73. The molecule has 0 unspecified atom stereocenters. The van der Waals surface area contributed by atoms with Gasteiger partial charge in [0, 0.05) is 23.0 Å². The van der Waals surface area contributed by atoms with Gasteiger partial charge in [0.1, 0.15) is 18.9 Å². The summed E-state index contributed by atoms with van der Waals surface area (Å²) in [5, 5.41) is 2.08. The third-order valence-electron chi connectivity index (χ3n) is 6.28. The molecule has 1 aromatic heterocycles. The molecule has 0 saturated carbocycles. The number of rotatable bonds is 8. The molecule has 1 aliphatic heterocycles. The summed E-state index contributed by atoms with van der Waals surface area (Å²) in [4.78, 5) is 31.7. The molecule has 0 fully saturated rings. The number of nitrogens with zero attached hydrogens (tertiary/aromatic N) is 2. The number of benzene rings is 2. The summed E-state index contributed by atoms with van der Waals surface area (Å²) < 4.78 is 6.07. The number of hydrogen-bond donors (Lipinski definition) is 0. The number of thiophene rings is 1. The van der Waals surface area contributed by atoms with Crippen LogP contribution in [0.15, 0.2) is 72.1 Å². The van der Waals surface area contributed by atoms with Crippen molar-refractivity contribution in [2.45, 2.75) is 38.8 Å². The lowest BCUT2D eigenvalue weighted by Gasteiger charge is -2.38. The standard InChI is InChI=1S/C27H30N2O3S/c1-3-20(2)29(27(31)21-10-6-4-7-11-21)18-26(30)28-16-14-25-23(15-17-33-25)24(28)19-32-22-12-8-5-9-13-22/h4-13,15,17,20,24H,3,14,16,18-19H2,1-2H3/t20-,24-/m0/s1. The average Bonchev–Trinajstić information content (AvgIpc) is 3.35. The highest BCUT2D eigenvalue weighted by Gasteiger charge is 2.34. The molecule has 2 amide bonds. The topological polar surface area (TPSA) is 49.9 Å². The number of hydrogen-bond acceptors (Lipinski definition) is 4. The lowest BCUT2D eigenvalue weighted by Crippen LogP contribution is -2.49. The molecule has 5 nitrogen and oxygen atoms in total. The second-order valence-corrected chi connectivity index (χ2v) is 9.33. The van der Waals surface area contributed by atoms with Crippen LogP contribution >= 0.6 is 11.3 Å². The number of amides is 2. The minimum atomic E-state index is -0.168. The van der Waals surface area contributed by atoms with E-state index in [-0.39, 0.29) is 30.4 Å². The second-order valence-electron chi connectivity index (χ2n) is 8.33. The highest BCUT2D eigenvalue weighted by Crippen LogP contribution is 2.34. The third kappa shape index (κ3) is 5.28. The summed E-state index contributed by atoms with van der Waals surface area (Å²) in [6.45, 7) is 5.11. The van der Waals surface area contributed by atoms with Gasteiger partial charge in [-0.2, -0.15) is 0 Å². The molecule has 0 spiro atoms. The maximum atomic E-state index is 13.6. The molecule has 172 valence electrons. The lowest BCUT2D eigenvalue weighted by atomic mass is 10.00. The fourth-order valence-electron chi connectivity index (χ4n) is 4.20. The van der Waals surface area contributed by atoms with Gasteiger partial charge in [0.15, 0.2) is 0 Å². The van der Waals surface area contributed by atoms with Gasteiger partial charge in [0.2, 0.25) is 5.91 Å². The summed E-state index contributed by atoms with van der Waals surface area (Å²) in [5.41, 5.74) is 1.76. The molecule has 6 heteroatoms. The van der Waals surface area contributed by atoms with Crippen molar-refractivity contribution in [2.75, 3.05) is 19.7 Å². The highest BCUT2D eigenvalue weighted by molar-refractivity contribution is 7.10. The van der Waals surface area contributed by atoms with Crippen LogP contribution in [0.5, 0.6) is 5.75 Å². The van der Waals surface area contributed by atoms with Gasteiger partial charge >= 0.3 is 0 Å². The molecule has 4 rings (SSSR count).